The number of hydrogen-bond acceptors (Lipinski definition) is 6. The van der Waals surface area contributed by atoms with Crippen molar-refractivity contribution in [3.05, 3.63) is 81.3 Å². The lowest BCUT2D eigenvalue weighted by molar-refractivity contribution is -0.384. The van der Waals surface area contributed by atoms with E-state index >= 15 is 0 Å². The van der Waals surface area contributed by atoms with E-state index in [1.165, 1.54) is 18.3 Å². The van der Waals surface area contributed by atoms with Crippen molar-refractivity contribution in [1.82, 2.24) is 4.98 Å². The van der Waals surface area contributed by atoms with Crippen molar-refractivity contribution in [3.8, 4) is 11.3 Å². The number of hydrogen-bond donors (Lipinski definition) is 0. The lowest BCUT2D eigenvalue weighted by Gasteiger charge is -1.97. The van der Waals surface area contributed by atoms with E-state index in [2.05, 4.69) is 10.1 Å². The molecule has 0 N–H and O–H groups in total. The highest BCUT2D eigenvalue weighted by Crippen LogP contribution is 2.22. The highest BCUT2D eigenvalue weighted by molar-refractivity contribution is 6.30. The van der Waals surface area contributed by atoms with E-state index in [-0.39, 0.29) is 12.3 Å². The van der Waals surface area contributed by atoms with Gasteiger partial charge >= 0.3 is 0 Å². The standard InChI is InChI=1S/C17H12ClN3O4/c18-14-6-4-13(5-7-14)16-10-19-17(25-16)11-24-20-9-12-2-1-3-15(8-12)21(22)23/h1-10H,11H2/b20-9+. The summed E-state index contributed by atoms with van der Waals surface area (Å²) in [5, 5.41) is 15.1. The Morgan fingerprint density at radius 3 is 2.84 bits per heavy atom. The SMILES string of the molecule is O=[N+]([O-])c1cccc(/C=N/OCc2ncc(-c3ccc(Cl)cc3)o2)c1. The Morgan fingerprint density at radius 2 is 2.08 bits per heavy atom. The molecule has 7 nitrogen and oxygen atoms in total. The van der Waals surface area contributed by atoms with Crippen molar-refractivity contribution < 1.29 is 14.2 Å². The maximum absolute atomic E-state index is 10.7. The summed E-state index contributed by atoms with van der Waals surface area (Å²) in [5.41, 5.74) is 1.40. The third-order valence-electron chi connectivity index (χ3n) is 3.23. The van der Waals surface area contributed by atoms with Crippen LogP contribution in [0.1, 0.15) is 11.5 Å². The molecule has 0 aliphatic rings. The Balaban J connectivity index is 1.58. The summed E-state index contributed by atoms with van der Waals surface area (Å²) in [5.74, 6) is 0.957. The summed E-state index contributed by atoms with van der Waals surface area (Å²) in [6, 6.07) is 13.2. The average molecular weight is 358 g/mol. The number of aromatic nitrogens is 1. The first-order valence-electron chi connectivity index (χ1n) is 7.22. The van der Waals surface area contributed by atoms with Crippen LogP contribution in [0.5, 0.6) is 0 Å². The molecule has 2 aromatic carbocycles. The summed E-state index contributed by atoms with van der Waals surface area (Å²) < 4.78 is 5.57. The zero-order chi connectivity index (χ0) is 17.6. The Hall–Kier alpha value is -3.19. The van der Waals surface area contributed by atoms with Gasteiger partial charge in [-0.25, -0.2) is 4.98 Å². The minimum absolute atomic E-state index is 0.00995. The molecule has 0 amide bonds. The molecule has 0 bridgehead atoms. The zero-order valence-corrected chi connectivity index (χ0v) is 13.6. The minimum Gasteiger partial charge on any atom is -0.437 e. The number of nitrogens with zero attached hydrogens (tertiary/aromatic N) is 3. The molecule has 3 aromatic rings. The second kappa shape index (κ2) is 7.59. The van der Waals surface area contributed by atoms with Crippen molar-refractivity contribution in [2.45, 2.75) is 6.61 Å². The van der Waals surface area contributed by atoms with Crippen LogP contribution in [-0.2, 0) is 11.4 Å². The van der Waals surface area contributed by atoms with Crippen molar-refractivity contribution >= 4 is 23.5 Å². The van der Waals surface area contributed by atoms with E-state index < -0.39 is 4.92 Å². The van der Waals surface area contributed by atoms with Crippen LogP contribution < -0.4 is 0 Å². The number of rotatable bonds is 6. The lowest BCUT2D eigenvalue weighted by Crippen LogP contribution is -1.91. The molecule has 0 aliphatic carbocycles. The molecule has 0 saturated heterocycles. The summed E-state index contributed by atoms with van der Waals surface area (Å²) >= 11 is 5.85. The lowest BCUT2D eigenvalue weighted by atomic mass is 10.2. The monoisotopic (exact) mass is 357 g/mol. The largest absolute Gasteiger partial charge is 0.437 e. The van der Waals surface area contributed by atoms with Crippen molar-refractivity contribution in [3.63, 3.8) is 0 Å². The minimum atomic E-state index is -0.469. The van der Waals surface area contributed by atoms with E-state index in [9.17, 15) is 10.1 Å². The van der Waals surface area contributed by atoms with Crippen LogP contribution in [0.2, 0.25) is 5.02 Å². The Kier molecular flexibility index (Phi) is 5.06. The van der Waals surface area contributed by atoms with E-state index in [0.29, 0.717) is 22.2 Å². The van der Waals surface area contributed by atoms with Crippen LogP contribution in [0, 0.1) is 10.1 Å². The first-order chi connectivity index (χ1) is 12.1. The van der Waals surface area contributed by atoms with Crippen LogP contribution >= 0.6 is 11.6 Å². The van der Waals surface area contributed by atoms with Gasteiger partial charge < -0.3 is 9.25 Å². The summed E-state index contributed by atoms with van der Waals surface area (Å²) in [7, 11) is 0. The van der Waals surface area contributed by atoms with Gasteiger partial charge in [-0.2, -0.15) is 0 Å². The summed E-state index contributed by atoms with van der Waals surface area (Å²) in [6.45, 7) is 0.0407. The van der Waals surface area contributed by atoms with Gasteiger partial charge in [-0.1, -0.05) is 28.9 Å². The number of benzene rings is 2. The topological polar surface area (TPSA) is 90.8 Å². The molecule has 0 fully saturated rings. The smallest absolute Gasteiger partial charge is 0.270 e. The summed E-state index contributed by atoms with van der Waals surface area (Å²) in [6.07, 6.45) is 2.97. The van der Waals surface area contributed by atoms with Crippen molar-refractivity contribution in [2.75, 3.05) is 0 Å². The number of non-ortho nitro benzene ring substituents is 1. The Labute approximate surface area is 147 Å². The molecule has 0 radical (unpaired) electrons. The molecule has 1 heterocycles. The van der Waals surface area contributed by atoms with E-state index in [4.69, 9.17) is 20.9 Å². The first-order valence-corrected chi connectivity index (χ1v) is 7.60. The van der Waals surface area contributed by atoms with Gasteiger partial charge in [0.2, 0.25) is 5.89 Å². The highest BCUT2D eigenvalue weighted by Gasteiger charge is 2.07. The van der Waals surface area contributed by atoms with E-state index in [1.807, 2.05) is 12.1 Å². The third-order valence-corrected chi connectivity index (χ3v) is 3.48. The van der Waals surface area contributed by atoms with E-state index in [1.54, 1.807) is 30.5 Å². The molecule has 0 spiro atoms. The van der Waals surface area contributed by atoms with Crippen LogP contribution in [-0.4, -0.2) is 16.1 Å². The van der Waals surface area contributed by atoms with Gasteiger partial charge in [-0.3, -0.25) is 10.1 Å². The third kappa shape index (κ3) is 4.42. The molecule has 8 heteroatoms. The maximum atomic E-state index is 10.7. The van der Waals surface area contributed by atoms with Gasteiger partial charge in [0.05, 0.1) is 17.3 Å². The van der Waals surface area contributed by atoms with Gasteiger partial charge in [0, 0.05) is 28.3 Å². The predicted octanol–water partition coefficient (Wildman–Crippen LogP) is 4.45. The molecular weight excluding hydrogens is 346 g/mol. The van der Waals surface area contributed by atoms with Gasteiger partial charge in [0.25, 0.3) is 5.69 Å². The van der Waals surface area contributed by atoms with Crippen LogP contribution in [0.15, 0.2) is 64.3 Å². The quantitative estimate of drug-likeness (QED) is 0.369. The molecule has 126 valence electrons. The van der Waals surface area contributed by atoms with E-state index in [0.717, 1.165) is 5.56 Å². The second-order valence-electron chi connectivity index (χ2n) is 4.99. The van der Waals surface area contributed by atoms with Gasteiger partial charge in [0.1, 0.15) is 0 Å². The van der Waals surface area contributed by atoms with Crippen LogP contribution in [0.25, 0.3) is 11.3 Å². The molecule has 1 aromatic heterocycles. The Morgan fingerprint density at radius 1 is 1.28 bits per heavy atom. The molecule has 0 unspecified atom stereocenters. The van der Waals surface area contributed by atoms with Crippen LogP contribution in [0.3, 0.4) is 0 Å². The van der Waals surface area contributed by atoms with Crippen LogP contribution in [0.4, 0.5) is 5.69 Å². The molecule has 0 saturated carbocycles. The number of nitro groups is 1. The van der Waals surface area contributed by atoms with Gasteiger partial charge in [-0.15, -0.1) is 0 Å². The molecule has 0 aliphatic heterocycles. The number of oxazole rings is 1. The average Bonchev–Trinajstić information content (AvgIpc) is 3.08. The molecule has 25 heavy (non-hydrogen) atoms. The number of halogens is 1. The second-order valence-corrected chi connectivity index (χ2v) is 5.42. The zero-order valence-electron chi connectivity index (χ0n) is 12.8. The predicted molar refractivity (Wildman–Crippen MR) is 92.4 cm³/mol. The Bertz CT molecular complexity index is 906. The van der Waals surface area contributed by atoms with Crippen molar-refractivity contribution in [1.29, 1.82) is 0 Å². The van der Waals surface area contributed by atoms with Gasteiger partial charge in [0.15, 0.2) is 12.4 Å². The maximum Gasteiger partial charge on any atom is 0.270 e. The molecule has 0 atom stereocenters. The van der Waals surface area contributed by atoms with Gasteiger partial charge in [-0.05, 0) is 24.3 Å². The first kappa shape index (κ1) is 16.7. The number of oxime groups is 1. The highest BCUT2D eigenvalue weighted by atomic mass is 35.5. The normalized spacial score (nSPS) is 10.9. The number of nitro benzene ring substituents is 1. The fourth-order valence-electron chi connectivity index (χ4n) is 2.03. The fraction of sp³-hybridized carbons (Fsp3) is 0.0588. The molecular formula is C17H12ClN3O4. The summed E-state index contributed by atoms with van der Waals surface area (Å²) in [4.78, 5) is 19.5. The fourth-order valence-corrected chi connectivity index (χ4v) is 2.16. The molecule has 3 rings (SSSR count). The van der Waals surface area contributed by atoms with Crippen molar-refractivity contribution in [2.24, 2.45) is 5.16 Å².